The third-order valence-electron chi connectivity index (χ3n) is 4.91. The first-order valence-electron chi connectivity index (χ1n) is 7.97. The van der Waals surface area contributed by atoms with Crippen molar-refractivity contribution < 1.29 is 0 Å². The van der Waals surface area contributed by atoms with Crippen LogP contribution in [0.2, 0.25) is 5.15 Å². The van der Waals surface area contributed by atoms with Crippen LogP contribution in [0.25, 0.3) is 11.0 Å². The van der Waals surface area contributed by atoms with Gasteiger partial charge in [-0.2, -0.15) is 0 Å². The van der Waals surface area contributed by atoms with Crippen LogP contribution in [0.3, 0.4) is 0 Å². The van der Waals surface area contributed by atoms with Crippen molar-refractivity contribution in [2.75, 3.05) is 13.1 Å². The summed E-state index contributed by atoms with van der Waals surface area (Å²) in [4.78, 5) is 11.7. The summed E-state index contributed by atoms with van der Waals surface area (Å²) in [7, 11) is 0. The quantitative estimate of drug-likeness (QED) is 0.798. The Morgan fingerprint density at radius 2 is 1.95 bits per heavy atom. The van der Waals surface area contributed by atoms with Gasteiger partial charge in [0.05, 0.1) is 11.0 Å². The van der Waals surface area contributed by atoms with E-state index < -0.39 is 0 Å². The number of hydrogen-bond donors (Lipinski definition) is 0. The second-order valence-corrected chi connectivity index (χ2v) is 6.70. The zero-order valence-corrected chi connectivity index (χ0v) is 12.9. The van der Waals surface area contributed by atoms with E-state index in [4.69, 9.17) is 11.6 Å². The average Bonchev–Trinajstić information content (AvgIpc) is 2.90. The van der Waals surface area contributed by atoms with Gasteiger partial charge in [0.25, 0.3) is 0 Å². The van der Waals surface area contributed by atoms with Crippen molar-refractivity contribution in [1.29, 1.82) is 0 Å². The van der Waals surface area contributed by atoms with Gasteiger partial charge in [0.2, 0.25) is 0 Å². The monoisotopic (exact) mass is 301 g/mol. The lowest BCUT2D eigenvalue weighted by molar-refractivity contribution is 0.332. The predicted molar refractivity (Wildman–Crippen MR) is 85.7 cm³/mol. The Kier molecular flexibility index (Phi) is 3.56. The van der Waals surface area contributed by atoms with E-state index in [1.807, 2.05) is 12.3 Å². The maximum atomic E-state index is 6.29. The molecule has 2 fully saturated rings. The van der Waals surface area contributed by atoms with E-state index in [0.717, 1.165) is 17.6 Å². The second-order valence-electron chi connectivity index (χ2n) is 6.31. The third-order valence-corrected chi connectivity index (χ3v) is 5.10. The highest BCUT2D eigenvalue weighted by atomic mass is 35.5. The minimum atomic E-state index is 0.602. The summed E-state index contributed by atoms with van der Waals surface area (Å²) in [5.41, 5.74) is 4.66. The molecule has 0 unspecified atom stereocenters. The molecule has 0 aromatic carbocycles. The minimum absolute atomic E-state index is 0.602. The zero-order chi connectivity index (χ0) is 14.2. The molecule has 4 heteroatoms. The summed E-state index contributed by atoms with van der Waals surface area (Å²) in [6.07, 6.45) is 8.42. The van der Waals surface area contributed by atoms with Crippen LogP contribution in [0.5, 0.6) is 0 Å². The van der Waals surface area contributed by atoms with Crippen LogP contribution in [0, 0.1) is 0 Å². The van der Waals surface area contributed by atoms with Gasteiger partial charge in [-0.1, -0.05) is 18.0 Å². The molecule has 3 heterocycles. The molecule has 2 aromatic rings. The largest absolute Gasteiger partial charge is 0.299 e. The fourth-order valence-corrected chi connectivity index (χ4v) is 3.74. The van der Waals surface area contributed by atoms with Crippen molar-refractivity contribution in [1.82, 2.24) is 14.9 Å². The summed E-state index contributed by atoms with van der Waals surface area (Å²) < 4.78 is 0. The Hall–Kier alpha value is -1.19. The van der Waals surface area contributed by atoms with Crippen molar-refractivity contribution >= 4 is 22.6 Å². The van der Waals surface area contributed by atoms with Crippen LogP contribution < -0.4 is 0 Å². The lowest BCUT2D eigenvalue weighted by Crippen LogP contribution is -2.19. The summed E-state index contributed by atoms with van der Waals surface area (Å²) in [5.74, 6) is 0.654. The van der Waals surface area contributed by atoms with Crippen LogP contribution in [0.1, 0.15) is 49.1 Å². The first kappa shape index (κ1) is 13.5. The third kappa shape index (κ3) is 2.53. The van der Waals surface area contributed by atoms with Crippen LogP contribution in [0.4, 0.5) is 0 Å². The molecule has 1 aliphatic heterocycles. The highest BCUT2D eigenvalue weighted by Crippen LogP contribution is 2.39. The van der Waals surface area contributed by atoms with E-state index in [1.165, 1.54) is 56.3 Å². The molecule has 2 aromatic heterocycles. The smallest absolute Gasteiger partial charge is 0.130 e. The Bertz CT molecular complexity index is 660. The van der Waals surface area contributed by atoms with E-state index >= 15 is 0 Å². The molecule has 0 spiro atoms. The van der Waals surface area contributed by atoms with Crippen molar-refractivity contribution in [3.05, 3.63) is 34.6 Å². The van der Waals surface area contributed by atoms with Gasteiger partial charge in [0, 0.05) is 12.7 Å². The molecular formula is C17H20ClN3. The molecule has 1 aliphatic carbocycles. The molecule has 0 bridgehead atoms. The highest BCUT2D eigenvalue weighted by Gasteiger charge is 2.23. The molecule has 0 radical (unpaired) electrons. The molecule has 0 N–H and O–H groups in total. The van der Waals surface area contributed by atoms with Gasteiger partial charge < -0.3 is 0 Å². The SMILES string of the molecule is Clc1cc(CN2CCCC2)c2nccc(C3CCC3)c2n1. The number of pyridine rings is 2. The number of rotatable bonds is 3. The molecular weight excluding hydrogens is 282 g/mol. The van der Waals surface area contributed by atoms with Gasteiger partial charge >= 0.3 is 0 Å². The summed E-state index contributed by atoms with van der Waals surface area (Å²) in [6, 6.07) is 4.13. The normalized spacial score (nSPS) is 20.0. The molecule has 110 valence electrons. The van der Waals surface area contributed by atoms with Gasteiger partial charge in [-0.15, -0.1) is 0 Å². The number of nitrogens with zero attached hydrogens (tertiary/aromatic N) is 3. The van der Waals surface area contributed by atoms with Crippen LogP contribution in [-0.2, 0) is 6.54 Å². The predicted octanol–water partition coefficient (Wildman–Crippen LogP) is 4.15. The van der Waals surface area contributed by atoms with Gasteiger partial charge in [0.15, 0.2) is 0 Å². The number of halogens is 1. The standard InChI is InChI=1S/C17H20ClN3/c18-15-10-13(11-21-8-1-2-9-21)16-17(20-15)14(6-7-19-16)12-4-3-5-12/h6-7,10,12H,1-5,8-9,11H2. The van der Waals surface area contributed by atoms with Crippen LogP contribution >= 0.6 is 11.6 Å². The van der Waals surface area contributed by atoms with Crippen molar-refractivity contribution in [3.8, 4) is 0 Å². The summed E-state index contributed by atoms with van der Waals surface area (Å²) in [6.45, 7) is 3.31. The number of likely N-dealkylation sites (tertiary alicyclic amines) is 1. The summed E-state index contributed by atoms with van der Waals surface area (Å²) in [5, 5.41) is 0.602. The maximum Gasteiger partial charge on any atom is 0.130 e. The van der Waals surface area contributed by atoms with Crippen LogP contribution in [0.15, 0.2) is 18.3 Å². The lowest BCUT2D eigenvalue weighted by Gasteiger charge is -2.26. The molecule has 21 heavy (non-hydrogen) atoms. The van der Waals surface area contributed by atoms with Crippen molar-refractivity contribution in [2.45, 2.75) is 44.6 Å². The van der Waals surface area contributed by atoms with Gasteiger partial charge in [-0.25, -0.2) is 4.98 Å². The fourth-order valence-electron chi connectivity index (χ4n) is 3.52. The Morgan fingerprint density at radius 3 is 2.67 bits per heavy atom. The van der Waals surface area contributed by atoms with Gasteiger partial charge in [-0.3, -0.25) is 9.88 Å². The minimum Gasteiger partial charge on any atom is -0.299 e. The first-order chi connectivity index (χ1) is 10.3. The Morgan fingerprint density at radius 1 is 1.14 bits per heavy atom. The Balaban J connectivity index is 1.78. The number of hydrogen-bond acceptors (Lipinski definition) is 3. The summed E-state index contributed by atoms with van der Waals surface area (Å²) >= 11 is 6.29. The number of fused-ring (bicyclic) bond motifs is 1. The van der Waals surface area contributed by atoms with E-state index in [2.05, 4.69) is 20.9 Å². The number of aromatic nitrogens is 2. The van der Waals surface area contributed by atoms with Crippen molar-refractivity contribution in [2.24, 2.45) is 0 Å². The topological polar surface area (TPSA) is 29.0 Å². The molecule has 0 atom stereocenters. The Labute approximate surface area is 130 Å². The van der Waals surface area contributed by atoms with E-state index in [1.54, 1.807) is 0 Å². The van der Waals surface area contributed by atoms with E-state index in [-0.39, 0.29) is 0 Å². The second kappa shape index (κ2) is 5.54. The van der Waals surface area contributed by atoms with E-state index in [0.29, 0.717) is 11.1 Å². The highest BCUT2D eigenvalue weighted by molar-refractivity contribution is 6.29. The average molecular weight is 302 g/mol. The lowest BCUT2D eigenvalue weighted by atomic mass is 9.79. The maximum absolute atomic E-state index is 6.29. The fraction of sp³-hybridized carbons (Fsp3) is 0.529. The molecule has 2 aliphatic rings. The first-order valence-corrected chi connectivity index (χ1v) is 8.35. The van der Waals surface area contributed by atoms with Crippen LogP contribution in [-0.4, -0.2) is 28.0 Å². The van der Waals surface area contributed by atoms with Crippen molar-refractivity contribution in [3.63, 3.8) is 0 Å². The molecule has 3 nitrogen and oxygen atoms in total. The molecule has 4 rings (SSSR count). The zero-order valence-electron chi connectivity index (χ0n) is 12.2. The molecule has 1 saturated heterocycles. The van der Waals surface area contributed by atoms with Gasteiger partial charge in [0.1, 0.15) is 5.15 Å². The van der Waals surface area contributed by atoms with Gasteiger partial charge in [-0.05, 0) is 68.0 Å². The molecule has 0 amide bonds. The van der Waals surface area contributed by atoms with E-state index in [9.17, 15) is 0 Å². The molecule has 1 saturated carbocycles.